The maximum atomic E-state index is 13.3. The van der Waals surface area contributed by atoms with Crippen LogP contribution in [0.2, 0.25) is 0 Å². The molecule has 0 spiro atoms. The van der Waals surface area contributed by atoms with Gasteiger partial charge in [0.1, 0.15) is 17.2 Å². The second-order valence-electron chi connectivity index (χ2n) is 7.05. The van der Waals surface area contributed by atoms with Gasteiger partial charge in [0.2, 0.25) is 0 Å². The van der Waals surface area contributed by atoms with Crippen molar-refractivity contribution in [2.24, 2.45) is 0 Å². The number of carbonyl (C=O) groups excluding carboxylic acids is 1. The SMILES string of the molecule is C=CCN(Cc1cccn1Cc1cccc(OC)c1)C(=O)c1cc(OC)cc(OC)c1. The molecule has 0 N–H and O–H groups in total. The summed E-state index contributed by atoms with van der Waals surface area (Å²) in [4.78, 5) is 15.0. The number of ether oxygens (including phenoxy) is 3. The van der Waals surface area contributed by atoms with Gasteiger partial charge < -0.3 is 23.7 Å². The van der Waals surface area contributed by atoms with Crippen molar-refractivity contribution in [3.8, 4) is 17.2 Å². The van der Waals surface area contributed by atoms with Crippen LogP contribution in [0.4, 0.5) is 0 Å². The fourth-order valence-corrected chi connectivity index (χ4v) is 3.40. The van der Waals surface area contributed by atoms with Crippen LogP contribution >= 0.6 is 0 Å². The highest BCUT2D eigenvalue weighted by molar-refractivity contribution is 5.95. The molecule has 0 aliphatic rings. The van der Waals surface area contributed by atoms with Crippen LogP contribution in [0.5, 0.6) is 17.2 Å². The highest BCUT2D eigenvalue weighted by atomic mass is 16.5. The van der Waals surface area contributed by atoms with Crippen molar-refractivity contribution in [2.75, 3.05) is 27.9 Å². The van der Waals surface area contributed by atoms with Crippen LogP contribution < -0.4 is 14.2 Å². The average Bonchev–Trinajstić information content (AvgIpc) is 3.24. The van der Waals surface area contributed by atoms with Gasteiger partial charge in [-0.05, 0) is 42.0 Å². The van der Waals surface area contributed by atoms with Gasteiger partial charge in [-0.1, -0.05) is 18.2 Å². The van der Waals surface area contributed by atoms with Gasteiger partial charge >= 0.3 is 0 Å². The van der Waals surface area contributed by atoms with Crippen molar-refractivity contribution in [1.82, 2.24) is 9.47 Å². The third kappa shape index (κ3) is 5.48. The Morgan fingerprint density at radius 2 is 1.68 bits per heavy atom. The zero-order chi connectivity index (χ0) is 22.2. The molecule has 0 fully saturated rings. The molecule has 0 radical (unpaired) electrons. The van der Waals surface area contributed by atoms with Crippen molar-refractivity contribution in [1.29, 1.82) is 0 Å². The molecule has 2 aromatic carbocycles. The minimum absolute atomic E-state index is 0.119. The van der Waals surface area contributed by atoms with Crippen LogP contribution in [0.15, 0.2) is 73.4 Å². The van der Waals surface area contributed by atoms with Crippen LogP contribution in [0.3, 0.4) is 0 Å². The zero-order valence-electron chi connectivity index (χ0n) is 18.2. The van der Waals surface area contributed by atoms with Gasteiger partial charge in [0, 0.05) is 36.6 Å². The van der Waals surface area contributed by atoms with Crippen molar-refractivity contribution < 1.29 is 19.0 Å². The molecule has 31 heavy (non-hydrogen) atoms. The molecule has 0 aliphatic carbocycles. The standard InChI is InChI=1S/C25H28N2O4/c1-5-11-27(25(28)20-14-23(30-3)16-24(15-20)31-4)18-21-9-7-12-26(21)17-19-8-6-10-22(13-19)29-2/h5-10,12-16H,1,11,17-18H2,2-4H3. The normalized spacial score (nSPS) is 10.4. The number of hydrogen-bond acceptors (Lipinski definition) is 4. The Labute approximate surface area is 183 Å². The molecule has 1 heterocycles. The lowest BCUT2D eigenvalue weighted by molar-refractivity contribution is 0.0758. The summed E-state index contributed by atoms with van der Waals surface area (Å²) in [7, 11) is 4.79. The highest BCUT2D eigenvalue weighted by Crippen LogP contribution is 2.24. The molecule has 0 bridgehead atoms. The Balaban J connectivity index is 1.83. The summed E-state index contributed by atoms with van der Waals surface area (Å²) in [6, 6.07) is 17.2. The van der Waals surface area contributed by atoms with Gasteiger partial charge in [-0.3, -0.25) is 4.79 Å². The molecule has 6 heteroatoms. The first-order chi connectivity index (χ1) is 15.1. The summed E-state index contributed by atoms with van der Waals surface area (Å²) in [5.74, 6) is 1.85. The number of methoxy groups -OCH3 is 3. The number of aromatic nitrogens is 1. The largest absolute Gasteiger partial charge is 0.497 e. The molecule has 0 aliphatic heterocycles. The van der Waals surface area contributed by atoms with E-state index in [0.29, 0.717) is 36.7 Å². The Kier molecular flexibility index (Phi) is 7.38. The van der Waals surface area contributed by atoms with Crippen molar-refractivity contribution in [2.45, 2.75) is 13.1 Å². The molecule has 3 aromatic rings. The fourth-order valence-electron chi connectivity index (χ4n) is 3.40. The Morgan fingerprint density at radius 1 is 0.968 bits per heavy atom. The quantitative estimate of drug-likeness (QED) is 0.457. The van der Waals surface area contributed by atoms with E-state index in [4.69, 9.17) is 14.2 Å². The van der Waals surface area contributed by atoms with Gasteiger partial charge in [0.05, 0.1) is 27.9 Å². The van der Waals surface area contributed by atoms with Crippen LogP contribution in [-0.2, 0) is 13.1 Å². The molecule has 0 saturated heterocycles. The number of nitrogens with zero attached hydrogens (tertiary/aromatic N) is 2. The van der Waals surface area contributed by atoms with Crippen molar-refractivity contribution >= 4 is 5.91 Å². The third-order valence-corrected chi connectivity index (χ3v) is 5.00. The molecule has 0 atom stereocenters. The van der Waals surface area contributed by atoms with Crippen LogP contribution in [0.25, 0.3) is 0 Å². The number of hydrogen-bond donors (Lipinski definition) is 0. The average molecular weight is 421 g/mol. The Hall–Kier alpha value is -3.67. The molecular formula is C25H28N2O4. The van der Waals surface area contributed by atoms with E-state index in [9.17, 15) is 4.79 Å². The number of carbonyl (C=O) groups is 1. The third-order valence-electron chi connectivity index (χ3n) is 5.00. The summed E-state index contributed by atoms with van der Waals surface area (Å²) in [6.45, 7) is 5.37. The molecule has 1 aromatic heterocycles. The smallest absolute Gasteiger partial charge is 0.254 e. The number of benzene rings is 2. The fraction of sp³-hybridized carbons (Fsp3) is 0.240. The topological polar surface area (TPSA) is 52.9 Å². The Morgan fingerprint density at radius 3 is 2.32 bits per heavy atom. The molecule has 0 saturated carbocycles. The minimum Gasteiger partial charge on any atom is -0.497 e. The summed E-state index contributed by atoms with van der Waals surface area (Å²) >= 11 is 0. The molecular weight excluding hydrogens is 392 g/mol. The van der Waals surface area contributed by atoms with Gasteiger partial charge in [-0.15, -0.1) is 6.58 Å². The molecule has 6 nitrogen and oxygen atoms in total. The second-order valence-corrected chi connectivity index (χ2v) is 7.05. The monoisotopic (exact) mass is 420 g/mol. The maximum absolute atomic E-state index is 13.3. The first kappa shape index (κ1) is 22.0. The molecule has 0 unspecified atom stereocenters. The van der Waals surface area contributed by atoms with Gasteiger partial charge in [-0.2, -0.15) is 0 Å². The zero-order valence-corrected chi connectivity index (χ0v) is 18.2. The van der Waals surface area contributed by atoms with E-state index in [1.165, 1.54) is 0 Å². The summed E-state index contributed by atoms with van der Waals surface area (Å²) in [6.07, 6.45) is 3.74. The van der Waals surface area contributed by atoms with Gasteiger partial charge in [0.15, 0.2) is 0 Å². The van der Waals surface area contributed by atoms with Gasteiger partial charge in [-0.25, -0.2) is 0 Å². The van der Waals surface area contributed by atoms with E-state index in [-0.39, 0.29) is 5.91 Å². The van der Waals surface area contributed by atoms with Crippen molar-refractivity contribution in [3.05, 3.63) is 90.3 Å². The Bertz CT molecular complexity index is 1020. The lowest BCUT2D eigenvalue weighted by Gasteiger charge is -2.23. The summed E-state index contributed by atoms with van der Waals surface area (Å²) in [5, 5.41) is 0. The van der Waals surface area contributed by atoms with E-state index in [2.05, 4.69) is 17.2 Å². The van der Waals surface area contributed by atoms with Gasteiger partial charge in [0.25, 0.3) is 5.91 Å². The minimum atomic E-state index is -0.119. The van der Waals surface area contributed by atoms with Crippen LogP contribution in [0.1, 0.15) is 21.6 Å². The van der Waals surface area contributed by atoms with Crippen LogP contribution in [-0.4, -0.2) is 43.2 Å². The van der Waals surface area contributed by atoms with E-state index >= 15 is 0 Å². The number of rotatable bonds is 10. The molecule has 1 amide bonds. The first-order valence-corrected chi connectivity index (χ1v) is 9.98. The predicted octanol–water partition coefficient (Wildman–Crippen LogP) is 4.39. The van der Waals surface area contributed by atoms with E-state index in [0.717, 1.165) is 17.0 Å². The first-order valence-electron chi connectivity index (χ1n) is 9.98. The molecule has 162 valence electrons. The highest BCUT2D eigenvalue weighted by Gasteiger charge is 2.18. The van der Waals surface area contributed by atoms with E-state index in [1.54, 1.807) is 50.5 Å². The van der Waals surface area contributed by atoms with Crippen LogP contribution in [0, 0.1) is 0 Å². The second kappa shape index (κ2) is 10.4. The lowest BCUT2D eigenvalue weighted by Crippen LogP contribution is -2.31. The lowest BCUT2D eigenvalue weighted by atomic mass is 10.1. The summed E-state index contributed by atoms with van der Waals surface area (Å²) in [5.41, 5.74) is 2.65. The maximum Gasteiger partial charge on any atom is 0.254 e. The van der Waals surface area contributed by atoms with E-state index < -0.39 is 0 Å². The number of amides is 1. The predicted molar refractivity (Wildman–Crippen MR) is 121 cm³/mol. The van der Waals surface area contributed by atoms with E-state index in [1.807, 2.05) is 36.5 Å². The molecule has 3 rings (SSSR count). The summed E-state index contributed by atoms with van der Waals surface area (Å²) < 4.78 is 18.1. The van der Waals surface area contributed by atoms with Crippen molar-refractivity contribution in [3.63, 3.8) is 0 Å².